The number of nitrogens with zero attached hydrogens (tertiary/aromatic N) is 2. The van der Waals surface area contributed by atoms with Crippen molar-refractivity contribution in [1.82, 2.24) is 5.01 Å². The van der Waals surface area contributed by atoms with E-state index in [1.165, 1.54) is 0 Å². The van der Waals surface area contributed by atoms with Gasteiger partial charge in [-0.1, -0.05) is 63.2 Å². The van der Waals surface area contributed by atoms with Crippen LogP contribution < -0.4 is 4.72 Å². The summed E-state index contributed by atoms with van der Waals surface area (Å²) in [5.74, 6) is -0.0354. The molecule has 1 aliphatic heterocycles. The molecule has 3 rings (SSSR count). The number of hydrazone groups is 1. The van der Waals surface area contributed by atoms with Crippen LogP contribution in [0.25, 0.3) is 0 Å². The zero-order valence-electron chi connectivity index (χ0n) is 16.5. The van der Waals surface area contributed by atoms with E-state index in [2.05, 4.69) is 9.82 Å². The van der Waals surface area contributed by atoms with Gasteiger partial charge < -0.3 is 0 Å². The van der Waals surface area contributed by atoms with Crippen molar-refractivity contribution in [3.63, 3.8) is 0 Å². The SMILES string of the molecule is CC(C)(C)C(=O)N1N=C(c2ccc(NS(C)(=O)=O)cc2)C[C@@H]1c1ccccc1. The predicted octanol–water partition coefficient (Wildman–Crippen LogP) is 3.78. The maximum Gasteiger partial charge on any atom is 0.248 e. The highest BCUT2D eigenvalue weighted by Gasteiger charge is 2.37. The monoisotopic (exact) mass is 399 g/mol. The molecule has 6 nitrogen and oxygen atoms in total. The Labute approximate surface area is 166 Å². The molecule has 0 radical (unpaired) electrons. The molecule has 0 bridgehead atoms. The zero-order chi connectivity index (χ0) is 20.5. The molecule has 2 aromatic rings. The summed E-state index contributed by atoms with van der Waals surface area (Å²) in [6.07, 6.45) is 1.72. The van der Waals surface area contributed by atoms with E-state index in [4.69, 9.17) is 0 Å². The summed E-state index contributed by atoms with van der Waals surface area (Å²) in [5, 5.41) is 6.24. The van der Waals surface area contributed by atoms with Gasteiger partial charge in [-0.3, -0.25) is 9.52 Å². The van der Waals surface area contributed by atoms with Gasteiger partial charge in [-0.05, 0) is 23.3 Å². The van der Waals surface area contributed by atoms with E-state index in [1.54, 1.807) is 17.1 Å². The molecule has 2 aromatic carbocycles. The molecule has 148 valence electrons. The fraction of sp³-hybridized carbons (Fsp3) is 0.333. The average Bonchev–Trinajstić information content (AvgIpc) is 3.05. The van der Waals surface area contributed by atoms with E-state index in [0.29, 0.717) is 12.1 Å². The molecule has 0 unspecified atom stereocenters. The second-order valence-corrected chi connectivity index (χ2v) is 9.78. The van der Waals surface area contributed by atoms with Crippen LogP contribution in [0.3, 0.4) is 0 Å². The van der Waals surface area contributed by atoms with Crippen LogP contribution in [0.2, 0.25) is 0 Å². The van der Waals surface area contributed by atoms with E-state index in [9.17, 15) is 13.2 Å². The third-order valence-corrected chi connectivity index (χ3v) is 5.07. The van der Waals surface area contributed by atoms with Crippen molar-refractivity contribution in [3.05, 3.63) is 65.7 Å². The first-order valence-electron chi connectivity index (χ1n) is 9.09. The summed E-state index contributed by atoms with van der Waals surface area (Å²) in [7, 11) is -3.32. The maximum atomic E-state index is 13.0. The molecule has 7 heteroatoms. The Morgan fingerprint density at radius 1 is 1.07 bits per heavy atom. The lowest BCUT2D eigenvalue weighted by Gasteiger charge is -2.28. The van der Waals surface area contributed by atoms with E-state index in [-0.39, 0.29) is 11.9 Å². The maximum absolute atomic E-state index is 13.0. The molecule has 1 atom stereocenters. The third-order valence-electron chi connectivity index (χ3n) is 4.47. The van der Waals surface area contributed by atoms with Crippen molar-refractivity contribution in [3.8, 4) is 0 Å². The second kappa shape index (κ2) is 7.39. The lowest BCUT2D eigenvalue weighted by molar-refractivity contribution is -0.141. The van der Waals surface area contributed by atoms with Crippen LogP contribution >= 0.6 is 0 Å². The van der Waals surface area contributed by atoms with Gasteiger partial charge in [0, 0.05) is 17.5 Å². The summed E-state index contributed by atoms with van der Waals surface area (Å²) in [6, 6.07) is 16.8. The fourth-order valence-electron chi connectivity index (χ4n) is 3.10. The standard InChI is InChI=1S/C21H25N3O3S/c1-21(2,3)20(25)24-19(16-8-6-5-7-9-16)14-18(22-24)15-10-12-17(13-11-15)23-28(4,26)27/h5-13,19,23H,14H2,1-4H3/t19-/m1/s1. The highest BCUT2D eigenvalue weighted by molar-refractivity contribution is 7.92. The molecular formula is C21H25N3O3S. The Hall–Kier alpha value is -2.67. The Bertz CT molecular complexity index is 991. The number of carbonyl (C=O) groups excluding carboxylic acids is 1. The van der Waals surface area contributed by atoms with Crippen LogP contribution in [0.4, 0.5) is 5.69 Å². The first kappa shape index (κ1) is 20.1. The van der Waals surface area contributed by atoms with E-state index >= 15 is 0 Å². The molecule has 1 amide bonds. The Morgan fingerprint density at radius 3 is 2.21 bits per heavy atom. The van der Waals surface area contributed by atoms with Gasteiger partial charge in [-0.15, -0.1) is 0 Å². The summed E-state index contributed by atoms with van der Waals surface area (Å²) in [6.45, 7) is 5.66. The van der Waals surface area contributed by atoms with Gasteiger partial charge in [0.25, 0.3) is 0 Å². The number of hydrogen-bond acceptors (Lipinski definition) is 4. The van der Waals surface area contributed by atoms with E-state index < -0.39 is 15.4 Å². The molecule has 0 aliphatic carbocycles. The molecular weight excluding hydrogens is 374 g/mol. The van der Waals surface area contributed by atoms with E-state index in [0.717, 1.165) is 23.1 Å². The number of amides is 1. The molecule has 0 saturated heterocycles. The van der Waals surface area contributed by atoms with Crippen molar-refractivity contribution in [2.24, 2.45) is 10.5 Å². The van der Waals surface area contributed by atoms with Crippen molar-refractivity contribution < 1.29 is 13.2 Å². The highest BCUT2D eigenvalue weighted by atomic mass is 32.2. The zero-order valence-corrected chi connectivity index (χ0v) is 17.3. The molecule has 1 aliphatic rings. The van der Waals surface area contributed by atoms with Gasteiger partial charge >= 0.3 is 0 Å². The molecule has 0 saturated carbocycles. The smallest absolute Gasteiger partial charge is 0.248 e. The van der Waals surface area contributed by atoms with Crippen molar-refractivity contribution in [2.75, 3.05) is 11.0 Å². The van der Waals surface area contributed by atoms with Gasteiger partial charge in [0.05, 0.1) is 18.0 Å². The lowest BCUT2D eigenvalue weighted by atomic mass is 9.93. The Morgan fingerprint density at radius 2 is 1.68 bits per heavy atom. The summed E-state index contributed by atoms with van der Waals surface area (Å²) >= 11 is 0. The number of sulfonamides is 1. The number of carbonyl (C=O) groups is 1. The Balaban J connectivity index is 1.92. The molecule has 0 spiro atoms. The average molecular weight is 400 g/mol. The van der Waals surface area contributed by atoms with Crippen LogP contribution in [0, 0.1) is 5.41 Å². The highest BCUT2D eigenvalue weighted by Crippen LogP contribution is 2.36. The molecule has 28 heavy (non-hydrogen) atoms. The van der Waals surface area contributed by atoms with Crippen LogP contribution in [-0.2, 0) is 14.8 Å². The third kappa shape index (κ3) is 4.59. The normalized spacial score (nSPS) is 17.4. The van der Waals surface area contributed by atoms with Crippen molar-refractivity contribution >= 4 is 27.3 Å². The van der Waals surface area contributed by atoms with Crippen LogP contribution in [0.15, 0.2) is 59.7 Å². The fourth-order valence-corrected chi connectivity index (χ4v) is 3.66. The minimum Gasteiger partial charge on any atom is -0.284 e. The largest absolute Gasteiger partial charge is 0.284 e. The number of nitrogens with one attached hydrogen (secondary N) is 1. The van der Waals surface area contributed by atoms with Gasteiger partial charge in [-0.25, -0.2) is 13.4 Å². The summed E-state index contributed by atoms with van der Waals surface area (Å²) in [5.41, 5.74) is 2.65. The van der Waals surface area contributed by atoms with Crippen LogP contribution in [0.5, 0.6) is 0 Å². The first-order valence-corrected chi connectivity index (χ1v) is 11.0. The van der Waals surface area contributed by atoms with Gasteiger partial charge in [0.1, 0.15) is 0 Å². The first-order chi connectivity index (χ1) is 13.0. The van der Waals surface area contributed by atoms with Gasteiger partial charge in [0.2, 0.25) is 15.9 Å². The van der Waals surface area contributed by atoms with Gasteiger partial charge in [0.15, 0.2) is 0 Å². The quantitative estimate of drug-likeness (QED) is 0.850. The summed E-state index contributed by atoms with van der Waals surface area (Å²) < 4.78 is 25.2. The van der Waals surface area contributed by atoms with Gasteiger partial charge in [-0.2, -0.15) is 5.10 Å². The molecule has 1 N–H and O–H groups in total. The molecule has 1 heterocycles. The summed E-state index contributed by atoms with van der Waals surface area (Å²) in [4.78, 5) is 13.0. The second-order valence-electron chi connectivity index (χ2n) is 8.03. The van der Waals surface area contributed by atoms with Crippen molar-refractivity contribution in [2.45, 2.75) is 33.2 Å². The molecule has 0 aromatic heterocycles. The predicted molar refractivity (Wildman–Crippen MR) is 112 cm³/mol. The van der Waals surface area contributed by atoms with Crippen molar-refractivity contribution in [1.29, 1.82) is 0 Å². The number of hydrogen-bond donors (Lipinski definition) is 1. The minimum atomic E-state index is -3.32. The Kier molecular flexibility index (Phi) is 5.30. The lowest BCUT2D eigenvalue weighted by Crippen LogP contribution is -2.36. The number of anilines is 1. The van der Waals surface area contributed by atoms with Crippen LogP contribution in [0.1, 0.15) is 44.4 Å². The molecule has 0 fully saturated rings. The topological polar surface area (TPSA) is 78.8 Å². The number of benzene rings is 2. The minimum absolute atomic E-state index is 0.0354. The number of rotatable bonds is 4. The van der Waals surface area contributed by atoms with E-state index in [1.807, 2.05) is 63.2 Å². The van der Waals surface area contributed by atoms with Crippen LogP contribution in [-0.4, -0.2) is 31.3 Å².